The van der Waals surface area contributed by atoms with E-state index >= 15 is 0 Å². The van der Waals surface area contributed by atoms with Crippen molar-refractivity contribution < 1.29 is 0 Å². The molecule has 5 heteroatoms. The van der Waals surface area contributed by atoms with Crippen LogP contribution >= 0.6 is 22.7 Å². The number of nitrogens with one attached hydrogen (secondary N) is 1. The molecule has 0 aliphatic carbocycles. The number of imidazole rings is 1. The molecule has 0 unspecified atom stereocenters. The molecule has 0 saturated carbocycles. The number of aromatic amines is 1. The van der Waals surface area contributed by atoms with Gasteiger partial charge in [0.15, 0.2) is 11.5 Å². The molecular formula is C13H9N3S2. The lowest BCUT2D eigenvalue weighted by molar-refractivity contribution is 1.29. The Morgan fingerprint density at radius 3 is 3.06 bits per heavy atom. The highest BCUT2D eigenvalue weighted by Crippen LogP contribution is 2.35. The summed E-state index contributed by atoms with van der Waals surface area (Å²) in [6, 6.07) is 6.42. The van der Waals surface area contributed by atoms with E-state index in [0.717, 1.165) is 22.6 Å². The number of aromatic nitrogens is 3. The van der Waals surface area contributed by atoms with Gasteiger partial charge in [-0.15, -0.1) is 22.7 Å². The maximum Gasteiger partial charge on any atom is 0.178 e. The van der Waals surface area contributed by atoms with E-state index in [4.69, 9.17) is 0 Å². The SMILES string of the molecule is Cc1cnc2nc(-c3cc4sccc4s3)[nH]c2c1. The van der Waals surface area contributed by atoms with Crippen LogP contribution < -0.4 is 0 Å². The fourth-order valence-corrected chi connectivity index (χ4v) is 4.06. The van der Waals surface area contributed by atoms with Gasteiger partial charge in [0.05, 0.1) is 10.4 Å². The van der Waals surface area contributed by atoms with Gasteiger partial charge in [-0.3, -0.25) is 0 Å². The first-order valence-electron chi connectivity index (χ1n) is 5.59. The Morgan fingerprint density at radius 1 is 1.22 bits per heavy atom. The van der Waals surface area contributed by atoms with Crippen LogP contribution in [0.2, 0.25) is 0 Å². The van der Waals surface area contributed by atoms with Crippen LogP contribution in [0, 0.1) is 6.92 Å². The summed E-state index contributed by atoms with van der Waals surface area (Å²) in [4.78, 5) is 13.4. The van der Waals surface area contributed by atoms with Crippen LogP contribution in [0.3, 0.4) is 0 Å². The van der Waals surface area contributed by atoms with E-state index in [9.17, 15) is 0 Å². The van der Waals surface area contributed by atoms with Gasteiger partial charge in [0.25, 0.3) is 0 Å². The first-order chi connectivity index (χ1) is 8.79. The third-order valence-electron chi connectivity index (χ3n) is 2.85. The molecule has 0 spiro atoms. The van der Waals surface area contributed by atoms with Gasteiger partial charge in [-0.1, -0.05) is 0 Å². The molecule has 0 fully saturated rings. The molecule has 0 bridgehead atoms. The van der Waals surface area contributed by atoms with Crippen LogP contribution in [-0.2, 0) is 0 Å². The van der Waals surface area contributed by atoms with Gasteiger partial charge in [0.2, 0.25) is 0 Å². The van der Waals surface area contributed by atoms with Crippen molar-refractivity contribution in [3.8, 4) is 10.7 Å². The van der Waals surface area contributed by atoms with E-state index in [1.807, 2.05) is 13.1 Å². The fraction of sp³-hybridized carbons (Fsp3) is 0.0769. The van der Waals surface area contributed by atoms with E-state index in [-0.39, 0.29) is 0 Å². The van der Waals surface area contributed by atoms with Crippen molar-refractivity contribution in [2.24, 2.45) is 0 Å². The van der Waals surface area contributed by atoms with Crippen LogP contribution in [0.4, 0.5) is 0 Å². The average Bonchev–Trinajstić information content (AvgIpc) is 2.99. The number of aryl methyl sites for hydroxylation is 1. The van der Waals surface area contributed by atoms with E-state index in [2.05, 4.69) is 38.5 Å². The topological polar surface area (TPSA) is 41.6 Å². The number of hydrogen-bond acceptors (Lipinski definition) is 4. The van der Waals surface area contributed by atoms with Gasteiger partial charge >= 0.3 is 0 Å². The van der Waals surface area contributed by atoms with Gasteiger partial charge in [0, 0.05) is 15.6 Å². The van der Waals surface area contributed by atoms with Crippen molar-refractivity contribution in [2.45, 2.75) is 6.92 Å². The summed E-state index contributed by atoms with van der Waals surface area (Å²) in [6.07, 6.45) is 1.85. The van der Waals surface area contributed by atoms with Crippen LogP contribution in [-0.4, -0.2) is 15.0 Å². The van der Waals surface area contributed by atoms with Gasteiger partial charge in [-0.2, -0.15) is 0 Å². The molecule has 88 valence electrons. The first kappa shape index (κ1) is 10.2. The number of pyridine rings is 1. The number of rotatable bonds is 1. The minimum atomic E-state index is 0.785. The Bertz CT molecular complexity index is 825. The summed E-state index contributed by atoms with van der Waals surface area (Å²) < 4.78 is 2.64. The monoisotopic (exact) mass is 271 g/mol. The second-order valence-corrected chi connectivity index (χ2v) is 6.26. The standard InChI is InChI=1S/C13H9N3S2/c1-7-4-8-12(14-6-7)16-13(15-8)11-5-10-9(18-11)2-3-17-10/h2-6H,1H3,(H,14,15,16). The molecule has 4 rings (SSSR count). The maximum absolute atomic E-state index is 4.55. The number of H-pyrrole nitrogens is 1. The minimum absolute atomic E-state index is 0.785. The molecule has 0 aliphatic heterocycles. The zero-order valence-corrected chi connectivity index (χ0v) is 11.2. The summed E-state index contributed by atoms with van der Waals surface area (Å²) in [7, 11) is 0. The number of hydrogen-bond donors (Lipinski definition) is 1. The molecule has 0 atom stereocenters. The van der Waals surface area contributed by atoms with E-state index in [1.165, 1.54) is 14.3 Å². The average molecular weight is 271 g/mol. The minimum Gasteiger partial charge on any atom is -0.336 e. The maximum atomic E-state index is 4.55. The molecule has 0 amide bonds. The van der Waals surface area contributed by atoms with Crippen molar-refractivity contribution >= 4 is 43.2 Å². The highest BCUT2D eigenvalue weighted by Gasteiger charge is 2.10. The lowest BCUT2D eigenvalue weighted by Gasteiger charge is -1.88. The summed E-state index contributed by atoms with van der Waals surface area (Å²) >= 11 is 3.53. The molecule has 4 aromatic heterocycles. The van der Waals surface area contributed by atoms with Gasteiger partial charge in [0.1, 0.15) is 0 Å². The Labute approximate surface area is 111 Å². The normalized spacial score (nSPS) is 11.6. The van der Waals surface area contributed by atoms with Crippen molar-refractivity contribution in [2.75, 3.05) is 0 Å². The predicted molar refractivity (Wildman–Crippen MR) is 77.3 cm³/mol. The molecule has 18 heavy (non-hydrogen) atoms. The second kappa shape index (κ2) is 3.63. The molecule has 1 N–H and O–H groups in total. The third-order valence-corrected chi connectivity index (χ3v) is 4.95. The van der Waals surface area contributed by atoms with Gasteiger partial charge in [-0.05, 0) is 36.1 Å². The fourth-order valence-electron chi connectivity index (χ4n) is 2.00. The summed E-state index contributed by atoms with van der Waals surface area (Å²) in [5.41, 5.74) is 2.93. The number of fused-ring (bicyclic) bond motifs is 2. The summed E-state index contributed by atoms with van der Waals surface area (Å²) in [5.74, 6) is 0.913. The first-order valence-corrected chi connectivity index (χ1v) is 7.29. The molecule has 4 aromatic rings. The largest absolute Gasteiger partial charge is 0.336 e. The number of nitrogens with zero attached hydrogens (tertiary/aromatic N) is 2. The molecule has 0 aliphatic rings. The predicted octanol–water partition coefficient (Wildman–Crippen LogP) is 4.21. The molecule has 3 nitrogen and oxygen atoms in total. The van der Waals surface area contributed by atoms with E-state index < -0.39 is 0 Å². The van der Waals surface area contributed by atoms with Crippen LogP contribution in [0.15, 0.2) is 29.8 Å². The van der Waals surface area contributed by atoms with Crippen molar-refractivity contribution in [1.82, 2.24) is 15.0 Å². The highest BCUT2D eigenvalue weighted by atomic mass is 32.1. The lowest BCUT2D eigenvalue weighted by atomic mass is 10.3. The lowest BCUT2D eigenvalue weighted by Crippen LogP contribution is -1.77. The molecule has 4 heterocycles. The van der Waals surface area contributed by atoms with Crippen LogP contribution in [0.25, 0.3) is 31.3 Å². The van der Waals surface area contributed by atoms with Crippen molar-refractivity contribution in [3.05, 3.63) is 35.3 Å². The third kappa shape index (κ3) is 1.48. The molecule has 0 saturated heterocycles. The van der Waals surface area contributed by atoms with E-state index in [0.29, 0.717) is 0 Å². The van der Waals surface area contributed by atoms with Gasteiger partial charge in [-0.25, -0.2) is 9.97 Å². The van der Waals surface area contributed by atoms with Crippen molar-refractivity contribution in [1.29, 1.82) is 0 Å². The zero-order chi connectivity index (χ0) is 12.1. The Morgan fingerprint density at radius 2 is 2.17 bits per heavy atom. The highest BCUT2D eigenvalue weighted by molar-refractivity contribution is 7.28. The van der Waals surface area contributed by atoms with Crippen LogP contribution in [0.1, 0.15) is 5.56 Å². The van der Waals surface area contributed by atoms with Crippen molar-refractivity contribution in [3.63, 3.8) is 0 Å². The van der Waals surface area contributed by atoms with E-state index in [1.54, 1.807) is 22.7 Å². The summed E-state index contributed by atoms with van der Waals surface area (Å²) in [6.45, 7) is 2.04. The summed E-state index contributed by atoms with van der Waals surface area (Å²) in [5, 5.41) is 2.12. The molecular weight excluding hydrogens is 262 g/mol. The van der Waals surface area contributed by atoms with Crippen LogP contribution in [0.5, 0.6) is 0 Å². The smallest absolute Gasteiger partial charge is 0.178 e. The zero-order valence-electron chi connectivity index (χ0n) is 9.60. The Kier molecular flexibility index (Phi) is 2.06. The quantitative estimate of drug-likeness (QED) is 0.563. The molecule has 0 radical (unpaired) electrons. The Hall–Kier alpha value is -1.72. The molecule has 0 aromatic carbocycles. The van der Waals surface area contributed by atoms with Gasteiger partial charge < -0.3 is 4.98 Å². The Balaban J connectivity index is 1.93. The second-order valence-electron chi connectivity index (χ2n) is 4.23. The number of thiophene rings is 2.